The number of carbonyl (C=O) groups excluding carboxylic acids is 2. The Balaban J connectivity index is 1.96. The summed E-state index contributed by atoms with van der Waals surface area (Å²) in [6.45, 7) is 2.61. The highest BCUT2D eigenvalue weighted by Crippen LogP contribution is 2.16. The van der Waals surface area contributed by atoms with Gasteiger partial charge < -0.3 is 10.2 Å². The standard InChI is InChI=1S/C12H14BrN3O2/c1-8-9(4-5-10(13)14-8)15-11(17)7-16-6-2-3-12(16)18/h4-5H,2-3,6-7H2,1H3,(H,15,17). The van der Waals surface area contributed by atoms with Gasteiger partial charge >= 0.3 is 0 Å². The molecule has 0 atom stereocenters. The molecule has 0 radical (unpaired) electrons. The molecule has 1 aromatic rings. The number of aromatic nitrogens is 1. The van der Waals surface area contributed by atoms with Crippen molar-refractivity contribution in [1.82, 2.24) is 9.88 Å². The van der Waals surface area contributed by atoms with Crippen molar-refractivity contribution >= 4 is 33.4 Å². The quantitative estimate of drug-likeness (QED) is 0.864. The minimum Gasteiger partial charge on any atom is -0.333 e. The number of anilines is 1. The van der Waals surface area contributed by atoms with Crippen LogP contribution in [0.25, 0.3) is 0 Å². The van der Waals surface area contributed by atoms with Crippen molar-refractivity contribution in [1.29, 1.82) is 0 Å². The Hall–Kier alpha value is -1.43. The lowest BCUT2D eigenvalue weighted by Gasteiger charge is -2.15. The molecule has 0 bridgehead atoms. The first-order valence-electron chi connectivity index (χ1n) is 5.77. The highest BCUT2D eigenvalue weighted by molar-refractivity contribution is 9.10. The molecule has 1 fully saturated rings. The molecule has 18 heavy (non-hydrogen) atoms. The van der Waals surface area contributed by atoms with Gasteiger partial charge in [0.25, 0.3) is 0 Å². The molecule has 1 aromatic heterocycles. The van der Waals surface area contributed by atoms with Crippen molar-refractivity contribution in [3.8, 4) is 0 Å². The number of amides is 2. The van der Waals surface area contributed by atoms with Gasteiger partial charge in [-0.05, 0) is 41.4 Å². The molecule has 1 saturated heterocycles. The summed E-state index contributed by atoms with van der Waals surface area (Å²) in [5.74, 6) is -0.131. The lowest BCUT2D eigenvalue weighted by Crippen LogP contribution is -2.34. The summed E-state index contributed by atoms with van der Waals surface area (Å²) in [5, 5.41) is 2.77. The Bertz CT molecular complexity index is 490. The molecular weight excluding hydrogens is 298 g/mol. The van der Waals surface area contributed by atoms with Gasteiger partial charge in [0, 0.05) is 13.0 Å². The second kappa shape index (κ2) is 5.48. The molecular formula is C12H14BrN3O2. The summed E-state index contributed by atoms with van der Waals surface area (Å²) in [4.78, 5) is 29.0. The van der Waals surface area contributed by atoms with E-state index < -0.39 is 0 Å². The van der Waals surface area contributed by atoms with Crippen LogP contribution in [0.3, 0.4) is 0 Å². The van der Waals surface area contributed by atoms with Crippen LogP contribution in [0.2, 0.25) is 0 Å². The lowest BCUT2D eigenvalue weighted by atomic mass is 10.3. The zero-order valence-electron chi connectivity index (χ0n) is 10.1. The van der Waals surface area contributed by atoms with E-state index in [1.54, 1.807) is 17.0 Å². The number of aryl methyl sites for hydroxylation is 1. The second-order valence-electron chi connectivity index (χ2n) is 4.23. The maximum Gasteiger partial charge on any atom is 0.244 e. The van der Waals surface area contributed by atoms with Gasteiger partial charge in [0.1, 0.15) is 4.60 Å². The fourth-order valence-electron chi connectivity index (χ4n) is 1.90. The third-order valence-electron chi connectivity index (χ3n) is 2.83. The van der Waals surface area contributed by atoms with Crippen LogP contribution in [0.15, 0.2) is 16.7 Å². The van der Waals surface area contributed by atoms with Crippen LogP contribution < -0.4 is 5.32 Å². The van der Waals surface area contributed by atoms with Crippen molar-refractivity contribution < 1.29 is 9.59 Å². The fraction of sp³-hybridized carbons (Fsp3) is 0.417. The van der Waals surface area contributed by atoms with Gasteiger partial charge in [0.2, 0.25) is 11.8 Å². The van der Waals surface area contributed by atoms with Crippen LogP contribution in [-0.4, -0.2) is 34.8 Å². The minimum atomic E-state index is -0.183. The molecule has 0 spiro atoms. The average Bonchev–Trinajstić information content (AvgIpc) is 2.69. The van der Waals surface area contributed by atoms with Gasteiger partial charge in [-0.1, -0.05) is 0 Å². The van der Waals surface area contributed by atoms with Crippen LogP contribution in [0, 0.1) is 6.92 Å². The topological polar surface area (TPSA) is 62.3 Å². The number of hydrogen-bond acceptors (Lipinski definition) is 3. The number of rotatable bonds is 3. The van der Waals surface area contributed by atoms with Gasteiger partial charge in [-0.15, -0.1) is 0 Å². The molecule has 0 unspecified atom stereocenters. The van der Waals surface area contributed by atoms with E-state index in [2.05, 4.69) is 26.2 Å². The van der Waals surface area contributed by atoms with Crippen LogP contribution in [0.4, 0.5) is 5.69 Å². The molecule has 2 rings (SSSR count). The summed E-state index contributed by atoms with van der Waals surface area (Å²) >= 11 is 3.26. The highest BCUT2D eigenvalue weighted by atomic mass is 79.9. The zero-order valence-corrected chi connectivity index (χ0v) is 11.7. The summed E-state index contributed by atoms with van der Waals surface area (Å²) < 4.78 is 0.729. The monoisotopic (exact) mass is 311 g/mol. The zero-order chi connectivity index (χ0) is 13.1. The first kappa shape index (κ1) is 13.0. The van der Waals surface area contributed by atoms with Crippen LogP contribution in [0.5, 0.6) is 0 Å². The van der Waals surface area contributed by atoms with E-state index in [-0.39, 0.29) is 18.4 Å². The van der Waals surface area contributed by atoms with Crippen LogP contribution in [0.1, 0.15) is 18.5 Å². The Morgan fingerprint density at radius 2 is 2.33 bits per heavy atom. The van der Waals surface area contributed by atoms with Crippen LogP contribution >= 0.6 is 15.9 Å². The normalized spacial score (nSPS) is 15.0. The summed E-state index contributed by atoms with van der Waals surface area (Å²) in [6.07, 6.45) is 1.39. The lowest BCUT2D eigenvalue weighted by molar-refractivity contribution is -0.131. The maximum absolute atomic E-state index is 11.8. The highest BCUT2D eigenvalue weighted by Gasteiger charge is 2.22. The Kier molecular flexibility index (Phi) is 3.96. The number of nitrogens with zero attached hydrogens (tertiary/aromatic N) is 2. The van der Waals surface area contributed by atoms with E-state index in [4.69, 9.17) is 0 Å². The van der Waals surface area contributed by atoms with E-state index >= 15 is 0 Å². The summed E-state index contributed by atoms with van der Waals surface area (Å²) in [5.41, 5.74) is 1.42. The van der Waals surface area contributed by atoms with Crippen molar-refractivity contribution in [2.24, 2.45) is 0 Å². The van der Waals surface area contributed by atoms with E-state index in [9.17, 15) is 9.59 Å². The summed E-state index contributed by atoms with van der Waals surface area (Å²) in [6, 6.07) is 3.56. The van der Waals surface area contributed by atoms with Crippen molar-refractivity contribution in [2.75, 3.05) is 18.4 Å². The predicted molar refractivity (Wildman–Crippen MR) is 71.1 cm³/mol. The number of hydrogen-bond donors (Lipinski definition) is 1. The molecule has 1 aliphatic heterocycles. The predicted octanol–water partition coefficient (Wildman–Crippen LogP) is 1.71. The minimum absolute atomic E-state index is 0.0517. The van der Waals surface area contributed by atoms with Gasteiger partial charge in [-0.25, -0.2) is 4.98 Å². The molecule has 1 N–H and O–H groups in total. The smallest absolute Gasteiger partial charge is 0.244 e. The molecule has 2 amide bonds. The van der Waals surface area contributed by atoms with Crippen LogP contribution in [-0.2, 0) is 9.59 Å². The fourth-order valence-corrected chi connectivity index (χ4v) is 2.29. The van der Waals surface area contributed by atoms with Crippen molar-refractivity contribution in [3.63, 3.8) is 0 Å². The molecule has 96 valence electrons. The number of pyridine rings is 1. The average molecular weight is 312 g/mol. The van der Waals surface area contributed by atoms with E-state index in [1.165, 1.54) is 0 Å². The number of halogens is 1. The Labute approximate surface area is 114 Å². The Morgan fingerprint density at radius 3 is 2.94 bits per heavy atom. The molecule has 1 aliphatic rings. The molecule has 2 heterocycles. The van der Waals surface area contributed by atoms with E-state index in [1.807, 2.05) is 6.92 Å². The molecule has 0 aromatic carbocycles. The van der Waals surface area contributed by atoms with E-state index in [0.29, 0.717) is 18.7 Å². The third-order valence-corrected chi connectivity index (χ3v) is 3.27. The van der Waals surface area contributed by atoms with Gasteiger partial charge in [-0.2, -0.15) is 0 Å². The Morgan fingerprint density at radius 1 is 1.56 bits per heavy atom. The first-order chi connectivity index (χ1) is 8.56. The van der Waals surface area contributed by atoms with Gasteiger partial charge in [-0.3, -0.25) is 9.59 Å². The molecule has 0 saturated carbocycles. The SMILES string of the molecule is Cc1nc(Br)ccc1NC(=O)CN1CCCC1=O. The second-order valence-corrected chi connectivity index (χ2v) is 5.05. The number of likely N-dealkylation sites (tertiary alicyclic amines) is 1. The third kappa shape index (κ3) is 3.07. The summed E-state index contributed by atoms with van der Waals surface area (Å²) in [7, 11) is 0. The first-order valence-corrected chi connectivity index (χ1v) is 6.56. The largest absolute Gasteiger partial charge is 0.333 e. The van der Waals surface area contributed by atoms with E-state index in [0.717, 1.165) is 16.7 Å². The number of nitrogens with one attached hydrogen (secondary N) is 1. The van der Waals surface area contributed by atoms with Crippen molar-refractivity contribution in [3.05, 3.63) is 22.4 Å². The molecule has 0 aliphatic carbocycles. The van der Waals surface area contributed by atoms with Gasteiger partial charge in [0.05, 0.1) is 17.9 Å². The number of carbonyl (C=O) groups is 2. The van der Waals surface area contributed by atoms with Gasteiger partial charge in [0.15, 0.2) is 0 Å². The molecule has 5 nitrogen and oxygen atoms in total. The maximum atomic E-state index is 11.8. The molecule has 6 heteroatoms. The van der Waals surface area contributed by atoms with Crippen molar-refractivity contribution in [2.45, 2.75) is 19.8 Å².